The molecule has 94 valence electrons. The standard InChI is InChI=1S/C13H10F3NO/c1-8-5-10(7-17-12(8)18)9-3-2-4-11(6-9)13(14,15)16/h2-7H,1H3,(H,17,18). The largest absolute Gasteiger partial charge is 0.416 e. The maximum absolute atomic E-state index is 12.6. The van der Waals surface area contributed by atoms with Crippen molar-refractivity contribution in [1.29, 1.82) is 0 Å². The van der Waals surface area contributed by atoms with Gasteiger partial charge in [0.25, 0.3) is 5.56 Å². The highest BCUT2D eigenvalue weighted by Gasteiger charge is 2.30. The Morgan fingerprint density at radius 3 is 2.44 bits per heavy atom. The van der Waals surface area contributed by atoms with Crippen molar-refractivity contribution in [3.8, 4) is 11.1 Å². The van der Waals surface area contributed by atoms with Crippen LogP contribution in [0.15, 0.2) is 41.3 Å². The van der Waals surface area contributed by atoms with Gasteiger partial charge in [0, 0.05) is 11.8 Å². The number of rotatable bonds is 1. The molecule has 0 spiro atoms. The number of benzene rings is 1. The van der Waals surface area contributed by atoms with Gasteiger partial charge >= 0.3 is 6.18 Å². The van der Waals surface area contributed by atoms with Gasteiger partial charge in [-0.15, -0.1) is 0 Å². The molecule has 18 heavy (non-hydrogen) atoms. The Hall–Kier alpha value is -2.04. The average molecular weight is 253 g/mol. The van der Waals surface area contributed by atoms with E-state index in [1.54, 1.807) is 19.1 Å². The van der Waals surface area contributed by atoms with Gasteiger partial charge in [-0.25, -0.2) is 0 Å². The normalized spacial score (nSPS) is 11.6. The van der Waals surface area contributed by atoms with Gasteiger partial charge in [0.2, 0.25) is 0 Å². The Kier molecular flexibility index (Phi) is 2.98. The lowest BCUT2D eigenvalue weighted by molar-refractivity contribution is -0.137. The number of alkyl halides is 3. The molecule has 2 nitrogen and oxygen atoms in total. The molecule has 5 heteroatoms. The van der Waals surface area contributed by atoms with E-state index in [4.69, 9.17) is 0 Å². The van der Waals surface area contributed by atoms with Gasteiger partial charge in [-0.1, -0.05) is 12.1 Å². The van der Waals surface area contributed by atoms with Crippen LogP contribution in [0.25, 0.3) is 11.1 Å². The molecular formula is C13H10F3NO. The fraction of sp³-hybridized carbons (Fsp3) is 0.154. The Morgan fingerprint density at radius 2 is 1.83 bits per heavy atom. The van der Waals surface area contributed by atoms with Gasteiger partial charge in [-0.05, 0) is 36.2 Å². The Labute approximate surface area is 101 Å². The maximum Gasteiger partial charge on any atom is 0.416 e. The smallest absolute Gasteiger partial charge is 0.328 e. The molecule has 0 atom stereocenters. The van der Waals surface area contributed by atoms with E-state index in [0.29, 0.717) is 16.7 Å². The number of hydrogen-bond acceptors (Lipinski definition) is 1. The predicted molar refractivity (Wildman–Crippen MR) is 62.2 cm³/mol. The SMILES string of the molecule is Cc1cc(-c2cccc(C(F)(F)F)c2)c[nH]c1=O. The minimum Gasteiger partial charge on any atom is -0.328 e. The second kappa shape index (κ2) is 4.33. The van der Waals surface area contributed by atoms with Crippen LogP contribution in [0.3, 0.4) is 0 Å². The molecule has 0 amide bonds. The van der Waals surface area contributed by atoms with Crippen molar-refractivity contribution in [3.05, 3.63) is 58.0 Å². The van der Waals surface area contributed by atoms with Crippen molar-refractivity contribution in [2.45, 2.75) is 13.1 Å². The molecule has 1 aromatic carbocycles. The number of halogens is 3. The monoisotopic (exact) mass is 253 g/mol. The summed E-state index contributed by atoms with van der Waals surface area (Å²) in [6.07, 6.45) is -2.96. The summed E-state index contributed by atoms with van der Waals surface area (Å²) < 4.78 is 37.7. The molecule has 0 aliphatic rings. The Morgan fingerprint density at radius 1 is 1.11 bits per heavy atom. The zero-order valence-electron chi connectivity index (χ0n) is 9.51. The van der Waals surface area contributed by atoms with Crippen LogP contribution in [0, 0.1) is 6.92 Å². The molecule has 1 aromatic heterocycles. The van der Waals surface area contributed by atoms with Gasteiger partial charge in [0.1, 0.15) is 0 Å². The molecule has 0 saturated carbocycles. The molecule has 2 aromatic rings. The molecule has 0 fully saturated rings. The van der Waals surface area contributed by atoms with Gasteiger partial charge in [-0.3, -0.25) is 4.79 Å². The van der Waals surface area contributed by atoms with Crippen LogP contribution in [0.4, 0.5) is 13.2 Å². The second-order valence-electron chi connectivity index (χ2n) is 3.98. The van der Waals surface area contributed by atoms with E-state index in [1.807, 2.05) is 0 Å². The molecule has 0 saturated heterocycles. The predicted octanol–water partition coefficient (Wildman–Crippen LogP) is 3.37. The van der Waals surface area contributed by atoms with Crippen LogP contribution in [0.5, 0.6) is 0 Å². The summed E-state index contributed by atoms with van der Waals surface area (Å²) in [7, 11) is 0. The summed E-state index contributed by atoms with van der Waals surface area (Å²) in [5.41, 5.74) is 0.488. The number of aryl methyl sites for hydroxylation is 1. The summed E-state index contributed by atoms with van der Waals surface area (Å²) >= 11 is 0. The minimum absolute atomic E-state index is 0.245. The molecule has 0 aliphatic heterocycles. The van der Waals surface area contributed by atoms with Crippen molar-refractivity contribution in [2.75, 3.05) is 0 Å². The van der Waals surface area contributed by atoms with Crippen molar-refractivity contribution in [3.63, 3.8) is 0 Å². The van der Waals surface area contributed by atoms with Crippen molar-refractivity contribution >= 4 is 0 Å². The first kappa shape index (κ1) is 12.4. The first-order valence-corrected chi connectivity index (χ1v) is 5.25. The van der Waals surface area contributed by atoms with Crippen LogP contribution in [0.2, 0.25) is 0 Å². The summed E-state index contributed by atoms with van der Waals surface area (Å²) in [4.78, 5) is 13.7. The highest BCUT2D eigenvalue weighted by molar-refractivity contribution is 5.63. The zero-order chi connectivity index (χ0) is 13.3. The van der Waals surface area contributed by atoms with Crippen molar-refractivity contribution in [2.24, 2.45) is 0 Å². The first-order chi connectivity index (χ1) is 8.38. The fourth-order valence-electron chi connectivity index (χ4n) is 1.64. The third-order valence-electron chi connectivity index (χ3n) is 2.61. The van der Waals surface area contributed by atoms with E-state index in [9.17, 15) is 18.0 Å². The number of pyridine rings is 1. The van der Waals surface area contributed by atoms with E-state index in [0.717, 1.165) is 12.1 Å². The lowest BCUT2D eigenvalue weighted by atomic mass is 10.0. The van der Waals surface area contributed by atoms with Crippen LogP contribution < -0.4 is 5.56 Å². The molecule has 0 bridgehead atoms. The highest BCUT2D eigenvalue weighted by Crippen LogP contribution is 2.31. The second-order valence-corrected chi connectivity index (χ2v) is 3.98. The maximum atomic E-state index is 12.6. The molecule has 0 radical (unpaired) electrons. The van der Waals surface area contributed by atoms with Gasteiger partial charge in [0.05, 0.1) is 5.56 Å². The molecule has 1 heterocycles. The van der Waals surface area contributed by atoms with Crippen LogP contribution in [-0.2, 0) is 6.18 Å². The molecule has 1 N–H and O–H groups in total. The number of aromatic nitrogens is 1. The summed E-state index contributed by atoms with van der Waals surface area (Å²) in [5, 5.41) is 0. The number of aromatic amines is 1. The summed E-state index contributed by atoms with van der Waals surface area (Å²) in [6.45, 7) is 1.61. The highest BCUT2D eigenvalue weighted by atomic mass is 19.4. The number of nitrogens with one attached hydrogen (secondary N) is 1. The van der Waals surface area contributed by atoms with Crippen LogP contribution >= 0.6 is 0 Å². The average Bonchev–Trinajstić information content (AvgIpc) is 2.32. The van der Waals surface area contributed by atoms with Crippen LogP contribution in [-0.4, -0.2) is 4.98 Å². The molecular weight excluding hydrogens is 243 g/mol. The van der Waals surface area contributed by atoms with E-state index < -0.39 is 11.7 Å². The third kappa shape index (κ3) is 2.45. The van der Waals surface area contributed by atoms with Gasteiger partial charge in [-0.2, -0.15) is 13.2 Å². The molecule has 2 rings (SSSR count). The van der Waals surface area contributed by atoms with E-state index in [2.05, 4.69) is 4.98 Å². The minimum atomic E-state index is -4.37. The molecule has 0 aliphatic carbocycles. The van der Waals surface area contributed by atoms with Crippen LogP contribution in [0.1, 0.15) is 11.1 Å². The van der Waals surface area contributed by atoms with Crippen molar-refractivity contribution in [1.82, 2.24) is 4.98 Å². The topological polar surface area (TPSA) is 32.9 Å². The lowest BCUT2D eigenvalue weighted by Gasteiger charge is -2.09. The van der Waals surface area contributed by atoms with E-state index in [-0.39, 0.29) is 5.56 Å². The van der Waals surface area contributed by atoms with E-state index in [1.165, 1.54) is 12.3 Å². The Bertz CT molecular complexity index is 629. The van der Waals surface area contributed by atoms with Gasteiger partial charge in [0.15, 0.2) is 0 Å². The van der Waals surface area contributed by atoms with Gasteiger partial charge < -0.3 is 4.98 Å². The zero-order valence-corrected chi connectivity index (χ0v) is 9.51. The Balaban J connectivity index is 2.51. The summed E-state index contributed by atoms with van der Waals surface area (Å²) in [5.74, 6) is 0. The van der Waals surface area contributed by atoms with E-state index >= 15 is 0 Å². The quantitative estimate of drug-likeness (QED) is 0.830. The fourth-order valence-corrected chi connectivity index (χ4v) is 1.64. The molecule has 0 unspecified atom stereocenters. The first-order valence-electron chi connectivity index (χ1n) is 5.25. The lowest BCUT2D eigenvalue weighted by Crippen LogP contribution is -2.08. The number of H-pyrrole nitrogens is 1. The van der Waals surface area contributed by atoms with Crippen molar-refractivity contribution < 1.29 is 13.2 Å². The summed E-state index contributed by atoms with van der Waals surface area (Å²) in [6, 6.07) is 6.56. The third-order valence-corrected chi connectivity index (χ3v) is 2.61. The number of hydrogen-bond donors (Lipinski definition) is 1.